The summed E-state index contributed by atoms with van der Waals surface area (Å²) < 4.78 is 16.2. The summed E-state index contributed by atoms with van der Waals surface area (Å²) in [4.78, 5) is 105. The van der Waals surface area contributed by atoms with Crippen LogP contribution in [0.4, 0.5) is 4.79 Å². The Hall–Kier alpha value is -7.56. The maximum absolute atomic E-state index is 13.8. The molecule has 0 radical (unpaired) electrons. The molecule has 4 aromatic carbocycles. The lowest BCUT2D eigenvalue weighted by atomic mass is 9.98. The van der Waals surface area contributed by atoms with Gasteiger partial charge in [-0.2, -0.15) is 0 Å². The van der Waals surface area contributed by atoms with E-state index >= 15 is 0 Å². The molecule has 0 fully saturated rings. The van der Waals surface area contributed by atoms with Crippen molar-refractivity contribution < 1.29 is 52.6 Å². The summed E-state index contributed by atoms with van der Waals surface area (Å²) in [6.45, 7) is 7.24. The van der Waals surface area contributed by atoms with Crippen LogP contribution in [0.1, 0.15) is 82.1 Å². The van der Waals surface area contributed by atoms with E-state index in [4.69, 9.17) is 14.2 Å². The van der Waals surface area contributed by atoms with Gasteiger partial charge in [0.15, 0.2) is 0 Å². The zero-order chi connectivity index (χ0) is 49.9. The first-order valence-electron chi connectivity index (χ1n) is 22.9. The summed E-state index contributed by atoms with van der Waals surface area (Å²) in [5.41, 5.74) is 4.70. The fourth-order valence-electron chi connectivity index (χ4n) is 7.61. The van der Waals surface area contributed by atoms with Crippen molar-refractivity contribution >= 4 is 47.6 Å². The number of alkyl carbamates (subject to hydrolysis) is 1. The van der Waals surface area contributed by atoms with Gasteiger partial charge in [-0.05, 0) is 72.9 Å². The van der Waals surface area contributed by atoms with Crippen molar-refractivity contribution in [3.05, 3.63) is 131 Å². The highest BCUT2D eigenvalue weighted by Gasteiger charge is 2.31. The van der Waals surface area contributed by atoms with Gasteiger partial charge in [-0.15, -0.1) is 0 Å². The van der Waals surface area contributed by atoms with Crippen LogP contribution < -0.4 is 31.9 Å². The van der Waals surface area contributed by atoms with E-state index in [9.17, 15) is 38.4 Å². The number of ether oxygens (including phenoxy) is 3. The first kappa shape index (κ1) is 52.4. The maximum Gasteiger partial charge on any atom is 0.407 e. The summed E-state index contributed by atoms with van der Waals surface area (Å²) in [5, 5.41) is 15.4. The van der Waals surface area contributed by atoms with Crippen LogP contribution in [-0.4, -0.2) is 97.5 Å². The average molecular weight is 947 g/mol. The molecule has 366 valence electrons. The van der Waals surface area contributed by atoms with E-state index in [2.05, 4.69) is 31.9 Å². The highest BCUT2D eigenvalue weighted by atomic mass is 16.6. The molecule has 0 aromatic heterocycles. The molecule has 69 heavy (non-hydrogen) atoms. The van der Waals surface area contributed by atoms with Crippen molar-refractivity contribution in [3.8, 4) is 11.1 Å². The van der Waals surface area contributed by atoms with Crippen LogP contribution in [0, 0.1) is 5.92 Å². The van der Waals surface area contributed by atoms with E-state index < -0.39 is 90.9 Å². The largest absolute Gasteiger partial charge is 0.460 e. The number of nitrogens with one attached hydrogen (secondary N) is 6. The monoisotopic (exact) mass is 946 g/mol. The number of fused-ring (bicyclic) bond motifs is 3. The number of hydrogen-bond donors (Lipinski definition) is 6. The second kappa shape index (κ2) is 25.5. The molecule has 0 saturated heterocycles. The second-order valence-corrected chi connectivity index (χ2v) is 18.0. The Morgan fingerprint density at radius 1 is 0.551 bits per heavy atom. The highest BCUT2D eigenvalue weighted by molar-refractivity contribution is 5.94. The Morgan fingerprint density at radius 3 is 1.70 bits per heavy atom. The van der Waals surface area contributed by atoms with Crippen LogP contribution in [0.2, 0.25) is 0 Å². The van der Waals surface area contributed by atoms with Crippen molar-refractivity contribution in [3.63, 3.8) is 0 Å². The Balaban J connectivity index is 1.17. The Morgan fingerprint density at radius 2 is 1.10 bits per heavy atom. The maximum atomic E-state index is 13.8. The minimum atomic E-state index is -1.34. The van der Waals surface area contributed by atoms with Crippen molar-refractivity contribution in [2.24, 2.45) is 5.92 Å². The molecule has 0 heterocycles. The third-order valence-corrected chi connectivity index (χ3v) is 10.8. The van der Waals surface area contributed by atoms with E-state index in [1.54, 1.807) is 63.2 Å². The number of benzene rings is 4. The topological polar surface area (TPSA) is 236 Å². The summed E-state index contributed by atoms with van der Waals surface area (Å²) in [6.07, 6.45) is -1.27. The molecule has 3 atom stereocenters. The molecule has 17 heteroatoms. The predicted octanol–water partition coefficient (Wildman–Crippen LogP) is 4.37. The number of carbonyl (C=O) groups excluding carboxylic acids is 8. The minimum Gasteiger partial charge on any atom is -0.460 e. The zero-order valence-corrected chi connectivity index (χ0v) is 39.6. The standard InChI is InChI=1S/C52H62N6O11/c1-33(2)26-42(49(64)54-29-46(61)67-31-35-18-10-7-11-19-35)57-50(65)43(27-34-16-8-6-9-17-34)56-45(60)28-53-44(59)25-24-41(48(63)55-30-47(62)69-52(3,4)5)58-51(66)68-32-40-38-22-14-12-20-36(38)37-21-13-15-23-39(37)40/h6-23,33,40-43H,24-32H2,1-5H3,(H,53,59)(H,54,64)(H,55,63)(H,56,60)(H,57,65)(H,58,66). The molecule has 0 bridgehead atoms. The quantitative estimate of drug-likeness (QED) is 0.0451. The molecule has 6 amide bonds. The van der Waals surface area contributed by atoms with Gasteiger partial charge in [0.05, 0.1) is 6.54 Å². The van der Waals surface area contributed by atoms with Gasteiger partial charge in [0.1, 0.15) is 50.0 Å². The van der Waals surface area contributed by atoms with Gasteiger partial charge in [0.2, 0.25) is 29.5 Å². The van der Waals surface area contributed by atoms with Crippen LogP contribution in [0.5, 0.6) is 0 Å². The van der Waals surface area contributed by atoms with Gasteiger partial charge >= 0.3 is 18.0 Å². The molecule has 1 aliphatic rings. The predicted molar refractivity (Wildman–Crippen MR) is 256 cm³/mol. The lowest BCUT2D eigenvalue weighted by Crippen LogP contribution is -2.56. The van der Waals surface area contributed by atoms with Gasteiger partial charge < -0.3 is 46.1 Å². The van der Waals surface area contributed by atoms with Crippen molar-refractivity contribution in [1.82, 2.24) is 31.9 Å². The number of carbonyl (C=O) groups is 8. The van der Waals surface area contributed by atoms with Crippen LogP contribution in [0.25, 0.3) is 11.1 Å². The third kappa shape index (κ3) is 17.2. The molecular formula is C52H62N6O11. The number of rotatable bonds is 23. The summed E-state index contributed by atoms with van der Waals surface area (Å²) in [6, 6.07) is 29.9. The van der Waals surface area contributed by atoms with E-state index in [0.717, 1.165) is 27.8 Å². The molecule has 3 unspecified atom stereocenters. The van der Waals surface area contributed by atoms with Crippen LogP contribution in [0.15, 0.2) is 109 Å². The summed E-state index contributed by atoms with van der Waals surface area (Å²) >= 11 is 0. The van der Waals surface area contributed by atoms with Gasteiger partial charge in [-0.3, -0.25) is 33.6 Å². The normalized spacial score (nSPS) is 13.0. The molecule has 5 rings (SSSR count). The fraction of sp³-hybridized carbons (Fsp3) is 0.385. The average Bonchev–Trinajstić information content (AvgIpc) is 3.64. The SMILES string of the molecule is CC(C)CC(NC(=O)C(Cc1ccccc1)NC(=O)CNC(=O)CCC(NC(=O)OCC1c2ccccc2-c2ccccc21)C(=O)NCC(=O)OC(C)(C)C)C(=O)NCC(=O)OCc1ccccc1. The van der Waals surface area contributed by atoms with Crippen LogP contribution >= 0.6 is 0 Å². The van der Waals surface area contributed by atoms with E-state index in [-0.39, 0.29) is 50.7 Å². The lowest BCUT2D eigenvalue weighted by molar-refractivity contribution is -0.154. The molecule has 17 nitrogen and oxygen atoms in total. The first-order valence-corrected chi connectivity index (χ1v) is 22.9. The molecule has 0 saturated carbocycles. The van der Waals surface area contributed by atoms with Gasteiger partial charge in [0, 0.05) is 18.8 Å². The van der Waals surface area contributed by atoms with Gasteiger partial charge in [-0.25, -0.2) is 4.79 Å². The number of esters is 2. The van der Waals surface area contributed by atoms with Gasteiger partial charge in [0.25, 0.3) is 0 Å². The molecule has 6 N–H and O–H groups in total. The van der Waals surface area contributed by atoms with Crippen LogP contribution in [-0.2, 0) is 60.8 Å². The number of amides is 6. The second-order valence-electron chi connectivity index (χ2n) is 18.0. The lowest BCUT2D eigenvalue weighted by Gasteiger charge is -2.24. The molecule has 0 aliphatic heterocycles. The third-order valence-electron chi connectivity index (χ3n) is 10.8. The van der Waals surface area contributed by atoms with Crippen molar-refractivity contribution in [2.45, 2.75) is 96.6 Å². The Labute approximate surface area is 402 Å². The summed E-state index contributed by atoms with van der Waals surface area (Å²) in [5.74, 6) is -5.14. The van der Waals surface area contributed by atoms with E-state index in [1.165, 1.54) is 0 Å². The van der Waals surface area contributed by atoms with Crippen LogP contribution in [0.3, 0.4) is 0 Å². The molecule has 0 spiro atoms. The molecule has 4 aromatic rings. The molecular weight excluding hydrogens is 885 g/mol. The van der Waals surface area contributed by atoms with Gasteiger partial charge in [-0.1, -0.05) is 123 Å². The summed E-state index contributed by atoms with van der Waals surface area (Å²) in [7, 11) is 0. The first-order chi connectivity index (χ1) is 32.9. The smallest absolute Gasteiger partial charge is 0.407 e. The Bertz CT molecular complexity index is 2380. The minimum absolute atomic E-state index is 0.0267. The van der Waals surface area contributed by atoms with Crippen molar-refractivity contribution in [1.29, 1.82) is 0 Å². The zero-order valence-electron chi connectivity index (χ0n) is 39.6. The van der Waals surface area contributed by atoms with Crippen molar-refractivity contribution in [2.75, 3.05) is 26.2 Å². The highest BCUT2D eigenvalue weighted by Crippen LogP contribution is 2.44. The Kier molecular flexibility index (Phi) is 19.4. The van der Waals surface area contributed by atoms with E-state index in [1.807, 2.05) is 80.6 Å². The number of hydrogen-bond acceptors (Lipinski definition) is 11. The van der Waals surface area contributed by atoms with E-state index in [0.29, 0.717) is 5.56 Å². The fourth-order valence-corrected chi connectivity index (χ4v) is 7.61. The molecule has 1 aliphatic carbocycles.